The zero-order valence-corrected chi connectivity index (χ0v) is 39.4. The van der Waals surface area contributed by atoms with Crippen LogP contribution in [0.25, 0.3) is 153 Å². The van der Waals surface area contributed by atoms with Gasteiger partial charge in [-0.1, -0.05) is 261 Å². The normalized spacial score (nSPS) is 11.9. The van der Waals surface area contributed by atoms with Gasteiger partial charge in [0.05, 0.1) is 0 Å². The average molecular weight is 909 g/mol. The number of fused-ring (bicyclic) bond motifs is 8. The second kappa shape index (κ2) is 16.1. The molecule has 0 bridgehead atoms. The topological polar surface area (TPSA) is 0 Å². The summed E-state index contributed by atoms with van der Waals surface area (Å²) >= 11 is 0. The van der Waals surface area contributed by atoms with Crippen LogP contribution in [0.2, 0.25) is 0 Å². The molecule has 0 unspecified atom stereocenters. The van der Waals surface area contributed by atoms with Gasteiger partial charge in [-0.25, -0.2) is 0 Å². The van der Waals surface area contributed by atoms with Crippen molar-refractivity contribution in [2.24, 2.45) is 0 Å². The highest BCUT2D eigenvalue weighted by Crippen LogP contribution is 2.59. The first-order chi connectivity index (χ1) is 35.8. The lowest BCUT2D eigenvalue weighted by Gasteiger charge is -2.23. The first-order valence-corrected chi connectivity index (χ1v) is 25.1. The van der Waals surface area contributed by atoms with Crippen LogP contribution < -0.4 is 0 Å². The molecule has 0 saturated carbocycles. The second-order valence-electron chi connectivity index (χ2n) is 19.3. The van der Waals surface area contributed by atoms with Crippen LogP contribution in [0, 0.1) is 0 Å². The molecule has 72 heavy (non-hydrogen) atoms. The van der Waals surface area contributed by atoms with E-state index in [0.717, 1.165) is 0 Å². The first-order valence-electron chi connectivity index (χ1n) is 25.1. The van der Waals surface area contributed by atoms with Crippen molar-refractivity contribution in [1.82, 2.24) is 0 Å². The van der Waals surface area contributed by atoms with Crippen LogP contribution in [-0.2, 0) is 0 Å². The Hall–Kier alpha value is -9.36. The van der Waals surface area contributed by atoms with Gasteiger partial charge in [-0.05, 0) is 159 Å². The molecule has 0 amide bonds. The van der Waals surface area contributed by atoms with Crippen LogP contribution in [0.3, 0.4) is 0 Å². The summed E-state index contributed by atoms with van der Waals surface area (Å²) in [7, 11) is 0. The van der Waals surface area contributed by atoms with Crippen molar-refractivity contribution in [3.05, 3.63) is 267 Å². The van der Waals surface area contributed by atoms with Gasteiger partial charge >= 0.3 is 0 Å². The summed E-state index contributed by atoms with van der Waals surface area (Å²) in [5.74, 6) is 0. The molecule has 0 atom stereocenters. The molecule has 0 aromatic heterocycles. The van der Waals surface area contributed by atoms with E-state index in [2.05, 4.69) is 267 Å². The van der Waals surface area contributed by atoms with Gasteiger partial charge in [0.25, 0.3) is 0 Å². The predicted octanol–water partition coefficient (Wildman–Crippen LogP) is 20.3. The highest BCUT2D eigenvalue weighted by atomic mass is 14.3. The zero-order chi connectivity index (χ0) is 47.3. The number of hydrogen-bond donors (Lipinski definition) is 0. The molecule has 0 fully saturated rings. The van der Waals surface area contributed by atoms with Crippen molar-refractivity contribution >= 4 is 75.4 Å². The molecule has 15 rings (SSSR count). The molecule has 0 aliphatic heterocycles. The van der Waals surface area contributed by atoms with Gasteiger partial charge < -0.3 is 0 Å². The largest absolute Gasteiger partial charge is 0.0622 e. The summed E-state index contributed by atoms with van der Waals surface area (Å²) in [5.41, 5.74) is 17.3. The third kappa shape index (κ3) is 5.87. The van der Waals surface area contributed by atoms with E-state index in [-0.39, 0.29) is 0 Å². The Labute approximate surface area is 418 Å². The smallest absolute Gasteiger partial charge is 0.000696 e. The fraction of sp³-hybridized carbons (Fsp3) is 0. The lowest BCUT2D eigenvalue weighted by atomic mass is 9.79. The standard InChI is InChI=1S/C72H44/c1-8-24-45(25-9-1)52-42-43-57-66-53(52)38-22-40-55(66)71-65(51-36-20-7-21-37-51)68-54-39-23-41-56-67(54)59(44-58(68)60(69(57)71)46-26-10-2-11-27-46)72-64(50-34-18-6-19-35-50)62(48-30-14-4-15-31-48)61(47-28-12-3-13-29-47)63(70(56)72)49-32-16-5-17-33-49/h1-44H. The average Bonchev–Trinajstić information content (AvgIpc) is 3.97. The van der Waals surface area contributed by atoms with Gasteiger partial charge in [-0.3, -0.25) is 0 Å². The van der Waals surface area contributed by atoms with E-state index in [0.29, 0.717) is 0 Å². The molecule has 0 aliphatic rings. The van der Waals surface area contributed by atoms with Gasteiger partial charge in [0.2, 0.25) is 0 Å². The number of rotatable bonds is 7. The van der Waals surface area contributed by atoms with Crippen LogP contribution in [0.15, 0.2) is 267 Å². The molecule has 0 heteroatoms. The van der Waals surface area contributed by atoms with Crippen molar-refractivity contribution in [2.45, 2.75) is 0 Å². The highest BCUT2D eigenvalue weighted by molar-refractivity contribution is 6.47. The monoisotopic (exact) mass is 908 g/mol. The van der Waals surface area contributed by atoms with E-state index in [9.17, 15) is 0 Å². The minimum atomic E-state index is 1.19. The Morgan fingerprint density at radius 3 is 0.903 bits per heavy atom. The van der Waals surface area contributed by atoms with Crippen LogP contribution in [0.1, 0.15) is 0 Å². The summed E-state index contributed by atoms with van der Waals surface area (Å²) in [6.45, 7) is 0. The Kier molecular flexibility index (Phi) is 9.06. The molecular weight excluding hydrogens is 865 g/mol. The van der Waals surface area contributed by atoms with E-state index in [1.54, 1.807) is 0 Å². The number of benzene rings is 13. The van der Waals surface area contributed by atoms with Gasteiger partial charge in [0.15, 0.2) is 0 Å². The Balaban J connectivity index is 1.25. The fourth-order valence-corrected chi connectivity index (χ4v) is 12.8. The zero-order valence-electron chi connectivity index (χ0n) is 39.4. The highest BCUT2D eigenvalue weighted by Gasteiger charge is 2.31. The minimum Gasteiger partial charge on any atom is -0.0622 e. The molecule has 332 valence electrons. The second-order valence-corrected chi connectivity index (χ2v) is 19.3. The molecule has 15 aromatic carbocycles. The lowest BCUT2D eigenvalue weighted by Crippen LogP contribution is -1.96. The maximum absolute atomic E-state index is 2.61. The van der Waals surface area contributed by atoms with E-state index in [4.69, 9.17) is 0 Å². The summed E-state index contributed by atoms with van der Waals surface area (Å²) in [5, 5.41) is 18.0. The van der Waals surface area contributed by atoms with Crippen LogP contribution in [-0.4, -0.2) is 0 Å². The third-order valence-corrected chi connectivity index (χ3v) is 15.5. The number of hydrogen-bond acceptors (Lipinski definition) is 0. The quantitative estimate of drug-likeness (QED) is 0.140. The van der Waals surface area contributed by atoms with E-state index >= 15 is 0 Å². The molecule has 0 aliphatic carbocycles. The Morgan fingerprint density at radius 2 is 0.444 bits per heavy atom. The van der Waals surface area contributed by atoms with E-state index < -0.39 is 0 Å². The van der Waals surface area contributed by atoms with Crippen LogP contribution in [0.5, 0.6) is 0 Å². The molecule has 0 spiro atoms. The Morgan fingerprint density at radius 1 is 0.139 bits per heavy atom. The fourth-order valence-electron chi connectivity index (χ4n) is 12.8. The van der Waals surface area contributed by atoms with Crippen molar-refractivity contribution in [2.75, 3.05) is 0 Å². The van der Waals surface area contributed by atoms with Gasteiger partial charge in [0.1, 0.15) is 0 Å². The van der Waals surface area contributed by atoms with Crippen molar-refractivity contribution in [3.63, 3.8) is 0 Å². The van der Waals surface area contributed by atoms with E-state index in [1.165, 1.54) is 153 Å². The van der Waals surface area contributed by atoms with Gasteiger partial charge in [-0.2, -0.15) is 0 Å². The first kappa shape index (κ1) is 40.5. The van der Waals surface area contributed by atoms with Gasteiger partial charge in [-0.15, -0.1) is 0 Å². The molecule has 0 N–H and O–H groups in total. The maximum Gasteiger partial charge on any atom is -0.000696 e. The molecule has 0 heterocycles. The third-order valence-electron chi connectivity index (χ3n) is 15.5. The molecule has 0 saturated heterocycles. The van der Waals surface area contributed by atoms with Crippen LogP contribution in [0.4, 0.5) is 0 Å². The maximum atomic E-state index is 2.61. The molecule has 0 nitrogen and oxygen atoms in total. The summed E-state index contributed by atoms with van der Waals surface area (Å²) < 4.78 is 0. The SMILES string of the molecule is c1ccc(-c2c(-c3ccccc3)c(-c3ccccc3)c3c4cc5c(-c6ccccc6)c6c7ccc(-c8ccccc8)c8cccc(c6c(-c6ccccc6)c5c5cccc(c3c2-c2ccccc2)c54)c87)cc1. The Bertz CT molecular complexity index is 4530. The van der Waals surface area contributed by atoms with Crippen LogP contribution >= 0.6 is 0 Å². The summed E-state index contributed by atoms with van der Waals surface area (Å²) in [4.78, 5) is 0. The van der Waals surface area contributed by atoms with Crippen molar-refractivity contribution < 1.29 is 0 Å². The van der Waals surface area contributed by atoms with E-state index in [1.807, 2.05) is 0 Å². The molecule has 15 aromatic rings. The molecular formula is C72H44. The summed E-state index contributed by atoms with van der Waals surface area (Å²) in [6.07, 6.45) is 0. The van der Waals surface area contributed by atoms with Gasteiger partial charge in [0, 0.05) is 0 Å². The minimum absolute atomic E-state index is 1.19. The molecule has 0 radical (unpaired) electrons. The summed E-state index contributed by atoms with van der Waals surface area (Å²) in [6, 6.07) is 99.4. The van der Waals surface area contributed by atoms with Crippen molar-refractivity contribution in [3.8, 4) is 77.9 Å². The lowest BCUT2D eigenvalue weighted by molar-refractivity contribution is 1.58. The van der Waals surface area contributed by atoms with Crippen molar-refractivity contribution in [1.29, 1.82) is 0 Å². The predicted molar refractivity (Wildman–Crippen MR) is 309 cm³/mol.